The lowest BCUT2D eigenvalue weighted by Crippen LogP contribution is -2.16. The highest BCUT2D eigenvalue weighted by atomic mass is 16.3. The fourth-order valence-corrected chi connectivity index (χ4v) is 2.06. The zero-order chi connectivity index (χ0) is 19.9. The fraction of sp³-hybridized carbons (Fsp3) is 0. The van der Waals surface area contributed by atoms with Crippen LogP contribution in [0.2, 0.25) is 0 Å². The van der Waals surface area contributed by atoms with Gasteiger partial charge in [-0.2, -0.15) is 10.2 Å². The van der Waals surface area contributed by atoms with E-state index in [0.717, 1.165) is 12.4 Å². The molecule has 2 amide bonds. The topological polar surface area (TPSA) is 150 Å². The van der Waals surface area contributed by atoms with Crippen molar-refractivity contribution in [3.8, 4) is 11.5 Å². The monoisotopic (exact) mass is 382 g/mol. The molecule has 0 saturated heterocycles. The molecule has 10 heteroatoms. The van der Waals surface area contributed by atoms with Crippen LogP contribution in [0.15, 0.2) is 68.0 Å². The minimum atomic E-state index is -0.569. The molecule has 3 aromatic rings. The predicted octanol–water partition coefficient (Wildman–Crippen LogP) is 1.81. The third-order valence-electron chi connectivity index (χ3n) is 3.41. The molecule has 10 nitrogen and oxygen atoms in total. The minimum absolute atomic E-state index is 0.0763. The van der Waals surface area contributed by atoms with E-state index in [4.69, 9.17) is 8.83 Å². The highest BCUT2D eigenvalue weighted by Gasteiger charge is 2.09. The zero-order valence-electron chi connectivity index (χ0n) is 14.2. The van der Waals surface area contributed by atoms with Gasteiger partial charge in [-0.05, 0) is 36.4 Å². The van der Waals surface area contributed by atoms with Crippen molar-refractivity contribution < 1.29 is 28.6 Å². The molecule has 0 aliphatic heterocycles. The van der Waals surface area contributed by atoms with Gasteiger partial charge in [0.25, 0.3) is 0 Å². The Balaban J connectivity index is 1.63. The molecule has 2 heterocycles. The van der Waals surface area contributed by atoms with E-state index in [1.807, 2.05) is 0 Å². The third-order valence-corrected chi connectivity index (χ3v) is 3.41. The third kappa shape index (κ3) is 4.43. The van der Waals surface area contributed by atoms with Crippen molar-refractivity contribution in [2.24, 2.45) is 10.2 Å². The van der Waals surface area contributed by atoms with Crippen LogP contribution in [0.4, 0.5) is 0 Å². The summed E-state index contributed by atoms with van der Waals surface area (Å²) in [5.41, 5.74) is 4.73. The lowest BCUT2D eigenvalue weighted by atomic mass is 10.1. The Labute approximate surface area is 157 Å². The molecule has 0 saturated carbocycles. The molecule has 0 radical (unpaired) electrons. The first-order valence-electron chi connectivity index (χ1n) is 7.84. The quantitative estimate of drug-likeness (QED) is 0.290. The van der Waals surface area contributed by atoms with E-state index in [1.54, 1.807) is 12.1 Å². The number of carbonyl (C=O) groups is 2. The number of nitrogens with one attached hydrogen (secondary N) is 2. The number of benzene rings is 1. The number of hydrogen-bond acceptors (Lipinski definition) is 8. The van der Waals surface area contributed by atoms with Gasteiger partial charge in [0.15, 0.2) is 11.5 Å². The second-order valence-electron chi connectivity index (χ2n) is 5.32. The number of furan rings is 2. The van der Waals surface area contributed by atoms with Crippen molar-refractivity contribution in [2.75, 3.05) is 0 Å². The van der Waals surface area contributed by atoms with Crippen LogP contribution in [-0.2, 0) is 0 Å². The number of hydrogen-bond donors (Lipinski definition) is 4. The van der Waals surface area contributed by atoms with Gasteiger partial charge in [0.1, 0.15) is 11.5 Å². The summed E-state index contributed by atoms with van der Waals surface area (Å²) in [6.07, 6.45) is 4.99. The van der Waals surface area contributed by atoms with Crippen LogP contribution in [-0.4, -0.2) is 34.5 Å². The van der Waals surface area contributed by atoms with Crippen LogP contribution < -0.4 is 10.9 Å². The summed E-state index contributed by atoms with van der Waals surface area (Å²) >= 11 is 0. The van der Waals surface area contributed by atoms with Crippen molar-refractivity contribution >= 4 is 24.2 Å². The van der Waals surface area contributed by atoms with Crippen LogP contribution in [0.3, 0.4) is 0 Å². The number of nitrogens with zero attached hydrogens (tertiary/aromatic N) is 2. The van der Waals surface area contributed by atoms with Gasteiger partial charge in [0, 0.05) is 11.1 Å². The maximum Gasteiger partial charge on any atom is 0.307 e. The normalized spacial score (nSPS) is 11.1. The Morgan fingerprint density at radius 3 is 1.61 bits per heavy atom. The second-order valence-corrected chi connectivity index (χ2v) is 5.32. The number of carbonyl (C=O) groups excluding carboxylic acids is 2. The summed E-state index contributed by atoms with van der Waals surface area (Å²) < 4.78 is 9.82. The summed E-state index contributed by atoms with van der Waals surface area (Å²) in [6.45, 7) is 0. The van der Waals surface area contributed by atoms with E-state index in [-0.39, 0.29) is 34.1 Å². The highest BCUT2D eigenvalue weighted by Crippen LogP contribution is 2.24. The summed E-state index contributed by atoms with van der Waals surface area (Å²) in [6, 6.07) is 8.47. The van der Waals surface area contributed by atoms with E-state index >= 15 is 0 Å². The van der Waals surface area contributed by atoms with Crippen LogP contribution >= 0.6 is 0 Å². The maximum absolute atomic E-state index is 11.7. The van der Waals surface area contributed by atoms with E-state index in [2.05, 4.69) is 21.1 Å². The average Bonchev–Trinajstić information content (AvgIpc) is 3.39. The fourth-order valence-electron chi connectivity index (χ4n) is 2.06. The Kier molecular flexibility index (Phi) is 5.51. The van der Waals surface area contributed by atoms with E-state index < -0.39 is 11.8 Å². The van der Waals surface area contributed by atoms with Gasteiger partial charge >= 0.3 is 11.8 Å². The highest BCUT2D eigenvalue weighted by molar-refractivity contribution is 5.94. The number of rotatable bonds is 6. The maximum atomic E-state index is 11.7. The Morgan fingerprint density at radius 2 is 1.25 bits per heavy atom. The Hall–Kier alpha value is -4.34. The van der Waals surface area contributed by atoms with Gasteiger partial charge in [0.2, 0.25) is 0 Å². The van der Waals surface area contributed by atoms with Crippen LogP contribution in [0, 0.1) is 0 Å². The van der Waals surface area contributed by atoms with Crippen molar-refractivity contribution in [3.05, 3.63) is 71.6 Å². The molecule has 3 rings (SSSR count). The first-order valence-corrected chi connectivity index (χ1v) is 7.84. The molecule has 142 valence electrons. The molecule has 4 N–H and O–H groups in total. The van der Waals surface area contributed by atoms with Crippen molar-refractivity contribution in [1.29, 1.82) is 0 Å². The summed E-state index contributed by atoms with van der Waals surface area (Å²) in [7, 11) is 0. The summed E-state index contributed by atoms with van der Waals surface area (Å²) in [5.74, 6) is -1.44. The van der Waals surface area contributed by atoms with Crippen LogP contribution in [0.5, 0.6) is 11.5 Å². The molecular formula is C18H14N4O6. The van der Waals surface area contributed by atoms with Gasteiger partial charge in [-0.1, -0.05) is 0 Å². The number of amides is 2. The van der Waals surface area contributed by atoms with E-state index in [9.17, 15) is 19.8 Å². The first kappa shape index (κ1) is 18.5. The molecule has 2 aromatic heterocycles. The molecule has 0 spiro atoms. The smallest absolute Gasteiger partial charge is 0.307 e. The largest absolute Gasteiger partial charge is 0.507 e. The van der Waals surface area contributed by atoms with E-state index in [1.165, 1.54) is 36.8 Å². The number of phenolic OH excluding ortho intramolecular Hbond substituents is 2. The van der Waals surface area contributed by atoms with Crippen molar-refractivity contribution in [3.63, 3.8) is 0 Å². The van der Waals surface area contributed by atoms with E-state index in [0.29, 0.717) is 0 Å². The molecule has 0 bridgehead atoms. The minimum Gasteiger partial charge on any atom is -0.507 e. The van der Waals surface area contributed by atoms with Crippen molar-refractivity contribution in [1.82, 2.24) is 10.9 Å². The number of aromatic hydroxyl groups is 2. The van der Waals surface area contributed by atoms with Crippen molar-refractivity contribution in [2.45, 2.75) is 0 Å². The average molecular weight is 382 g/mol. The number of hydrazone groups is 2. The summed E-state index contributed by atoms with van der Waals surface area (Å²) in [4.78, 5) is 23.3. The number of phenols is 2. The second kappa shape index (κ2) is 8.36. The molecule has 0 atom stereocenters. The van der Waals surface area contributed by atoms with Gasteiger partial charge in [0.05, 0.1) is 25.0 Å². The Morgan fingerprint density at radius 1 is 0.821 bits per heavy atom. The van der Waals surface area contributed by atoms with Gasteiger partial charge in [-0.15, -0.1) is 0 Å². The molecule has 0 unspecified atom stereocenters. The molecule has 1 aromatic carbocycles. The molecule has 28 heavy (non-hydrogen) atoms. The zero-order valence-corrected chi connectivity index (χ0v) is 14.2. The molecule has 0 fully saturated rings. The SMILES string of the molecule is O=C(N/N=C/c1cc(O)c(/C=N/NC(=O)c2ccco2)cc1O)c1ccco1. The predicted molar refractivity (Wildman–Crippen MR) is 97.3 cm³/mol. The van der Waals surface area contributed by atoms with Gasteiger partial charge in [-0.25, -0.2) is 10.9 Å². The lowest BCUT2D eigenvalue weighted by molar-refractivity contribution is 0.0920. The Bertz CT molecular complexity index is 939. The van der Waals surface area contributed by atoms with Crippen LogP contribution in [0.25, 0.3) is 0 Å². The van der Waals surface area contributed by atoms with Crippen LogP contribution in [0.1, 0.15) is 32.2 Å². The lowest BCUT2D eigenvalue weighted by Gasteiger charge is -2.04. The molecule has 0 aliphatic rings. The molecule has 0 aliphatic carbocycles. The molecular weight excluding hydrogens is 368 g/mol. The summed E-state index contributed by atoms with van der Waals surface area (Å²) in [5, 5.41) is 27.4. The van der Waals surface area contributed by atoms with Gasteiger partial charge < -0.3 is 19.0 Å². The standard InChI is InChI=1S/C18H14N4O6/c23-13-8-12(10-20-22-18(26)16-4-2-6-28-16)14(24)7-11(13)9-19-21-17(25)15-3-1-5-27-15/h1-10,23-24H,(H,21,25)(H,22,26)/b19-9+,20-10+. The van der Waals surface area contributed by atoms with Gasteiger partial charge in [-0.3, -0.25) is 9.59 Å². The first-order chi connectivity index (χ1) is 13.5.